The third kappa shape index (κ3) is 2.60. The van der Waals surface area contributed by atoms with Crippen LogP contribution in [0.15, 0.2) is 21.4 Å². The van der Waals surface area contributed by atoms with Crippen LogP contribution >= 0.6 is 15.9 Å². The number of carbonyl (C=O) groups excluding carboxylic acids is 1. The molecule has 0 aliphatic carbocycles. The SMILES string of the molecule is CC(C#N)CNC(=O)c1ccoc1Br. The molecule has 1 amide bonds. The predicted octanol–water partition coefficient (Wildman–Crippen LogP) is 1.93. The molecule has 4 nitrogen and oxygen atoms in total. The summed E-state index contributed by atoms with van der Waals surface area (Å²) in [5.74, 6) is -0.433. The van der Waals surface area contributed by atoms with Gasteiger partial charge in [0.1, 0.15) is 0 Å². The fourth-order valence-corrected chi connectivity index (χ4v) is 1.26. The number of nitriles is 1. The van der Waals surface area contributed by atoms with Crippen molar-refractivity contribution in [2.45, 2.75) is 6.92 Å². The Labute approximate surface area is 90.0 Å². The largest absolute Gasteiger partial charge is 0.457 e. The first-order chi connectivity index (χ1) is 6.65. The number of nitrogens with one attached hydrogen (secondary N) is 1. The predicted molar refractivity (Wildman–Crippen MR) is 53.5 cm³/mol. The maximum atomic E-state index is 11.4. The monoisotopic (exact) mass is 256 g/mol. The second kappa shape index (κ2) is 4.82. The average Bonchev–Trinajstić information content (AvgIpc) is 2.60. The standard InChI is InChI=1S/C9H9BrN2O2/c1-6(4-11)5-12-9(13)7-2-3-14-8(7)10/h2-3,6H,5H2,1H3,(H,12,13). The Bertz CT molecular complexity index is 367. The van der Waals surface area contributed by atoms with Gasteiger partial charge in [0.25, 0.3) is 5.91 Å². The van der Waals surface area contributed by atoms with Crippen molar-refractivity contribution in [3.8, 4) is 6.07 Å². The first-order valence-electron chi connectivity index (χ1n) is 4.06. The summed E-state index contributed by atoms with van der Waals surface area (Å²) in [5.41, 5.74) is 0.440. The Kier molecular flexibility index (Phi) is 3.72. The number of hydrogen-bond donors (Lipinski definition) is 1. The van der Waals surface area contributed by atoms with Gasteiger partial charge in [0.05, 0.1) is 23.8 Å². The van der Waals surface area contributed by atoms with Crippen molar-refractivity contribution >= 4 is 21.8 Å². The first-order valence-corrected chi connectivity index (χ1v) is 4.85. The molecule has 1 aromatic rings. The summed E-state index contributed by atoms with van der Waals surface area (Å²) in [6, 6.07) is 3.60. The molecule has 1 N–H and O–H groups in total. The fraction of sp³-hybridized carbons (Fsp3) is 0.333. The average molecular weight is 257 g/mol. The third-order valence-electron chi connectivity index (χ3n) is 1.65. The molecule has 1 heterocycles. The topological polar surface area (TPSA) is 66.0 Å². The van der Waals surface area contributed by atoms with Gasteiger partial charge in [-0.15, -0.1) is 0 Å². The Morgan fingerprint density at radius 1 is 1.86 bits per heavy atom. The summed E-state index contributed by atoms with van der Waals surface area (Å²) in [4.78, 5) is 11.4. The molecule has 1 unspecified atom stereocenters. The Balaban J connectivity index is 2.53. The lowest BCUT2D eigenvalue weighted by Gasteiger charge is -2.04. The number of nitrogens with zero attached hydrogens (tertiary/aromatic N) is 1. The summed E-state index contributed by atoms with van der Waals surface area (Å²) < 4.78 is 5.31. The number of hydrogen-bond acceptors (Lipinski definition) is 3. The highest BCUT2D eigenvalue weighted by Gasteiger charge is 2.12. The van der Waals surface area contributed by atoms with Gasteiger partial charge in [-0.2, -0.15) is 5.26 Å². The number of halogens is 1. The number of carbonyl (C=O) groups is 1. The van der Waals surface area contributed by atoms with E-state index in [9.17, 15) is 4.79 Å². The van der Waals surface area contributed by atoms with E-state index >= 15 is 0 Å². The molecule has 1 aromatic heterocycles. The smallest absolute Gasteiger partial charge is 0.255 e. The number of rotatable bonds is 3. The van der Waals surface area contributed by atoms with Gasteiger partial charge in [-0.25, -0.2) is 0 Å². The Morgan fingerprint density at radius 3 is 3.07 bits per heavy atom. The molecule has 1 atom stereocenters. The van der Waals surface area contributed by atoms with Gasteiger partial charge in [0.15, 0.2) is 4.67 Å². The molecule has 0 aromatic carbocycles. The van der Waals surface area contributed by atoms with Crippen molar-refractivity contribution in [2.24, 2.45) is 5.92 Å². The van der Waals surface area contributed by atoms with Gasteiger partial charge in [0, 0.05) is 6.54 Å². The number of furan rings is 1. The summed E-state index contributed by atoms with van der Waals surface area (Å²) in [6.45, 7) is 2.08. The van der Waals surface area contributed by atoms with Crippen LogP contribution in [0, 0.1) is 17.2 Å². The van der Waals surface area contributed by atoms with Crippen molar-refractivity contribution < 1.29 is 9.21 Å². The minimum Gasteiger partial charge on any atom is -0.457 e. The first kappa shape index (κ1) is 10.8. The lowest BCUT2D eigenvalue weighted by Crippen LogP contribution is -2.27. The van der Waals surface area contributed by atoms with E-state index in [0.717, 1.165) is 0 Å². The van der Waals surface area contributed by atoms with Crippen LogP contribution in [0.25, 0.3) is 0 Å². The van der Waals surface area contributed by atoms with Gasteiger partial charge < -0.3 is 9.73 Å². The Hall–Kier alpha value is -1.28. The van der Waals surface area contributed by atoms with E-state index in [4.69, 9.17) is 9.68 Å². The van der Waals surface area contributed by atoms with E-state index in [-0.39, 0.29) is 11.8 Å². The summed E-state index contributed by atoms with van der Waals surface area (Å²) in [5, 5.41) is 11.1. The lowest BCUT2D eigenvalue weighted by atomic mass is 10.2. The molecule has 14 heavy (non-hydrogen) atoms. The zero-order chi connectivity index (χ0) is 10.6. The van der Waals surface area contributed by atoms with Gasteiger partial charge in [0.2, 0.25) is 0 Å². The van der Waals surface area contributed by atoms with Gasteiger partial charge in [-0.05, 0) is 28.9 Å². The van der Waals surface area contributed by atoms with Crippen LogP contribution in [0.2, 0.25) is 0 Å². The molecule has 0 fully saturated rings. The van der Waals surface area contributed by atoms with Crippen LogP contribution in [0.1, 0.15) is 17.3 Å². The normalized spacial score (nSPS) is 11.8. The van der Waals surface area contributed by atoms with E-state index in [0.29, 0.717) is 16.8 Å². The molecule has 0 aliphatic heterocycles. The van der Waals surface area contributed by atoms with E-state index in [1.807, 2.05) is 6.07 Å². The van der Waals surface area contributed by atoms with Crippen LogP contribution < -0.4 is 5.32 Å². The van der Waals surface area contributed by atoms with Gasteiger partial charge in [-0.1, -0.05) is 0 Å². The van der Waals surface area contributed by atoms with Crippen LogP contribution in [0.3, 0.4) is 0 Å². The second-order valence-electron chi connectivity index (χ2n) is 2.85. The van der Waals surface area contributed by atoms with E-state index in [1.54, 1.807) is 13.0 Å². The minimum absolute atomic E-state index is 0.190. The summed E-state index contributed by atoms with van der Waals surface area (Å²) >= 11 is 3.10. The third-order valence-corrected chi connectivity index (χ3v) is 2.27. The van der Waals surface area contributed by atoms with Crippen molar-refractivity contribution in [2.75, 3.05) is 6.54 Å². The molecule has 0 spiro atoms. The van der Waals surface area contributed by atoms with Crippen molar-refractivity contribution in [3.05, 3.63) is 22.6 Å². The highest BCUT2D eigenvalue weighted by atomic mass is 79.9. The maximum absolute atomic E-state index is 11.4. The van der Waals surface area contributed by atoms with E-state index < -0.39 is 0 Å². The maximum Gasteiger partial charge on any atom is 0.255 e. The van der Waals surface area contributed by atoms with Gasteiger partial charge in [-0.3, -0.25) is 4.79 Å². The van der Waals surface area contributed by atoms with Gasteiger partial charge >= 0.3 is 0 Å². The molecule has 0 saturated heterocycles. The quantitative estimate of drug-likeness (QED) is 0.899. The molecular formula is C9H9BrN2O2. The minimum atomic E-state index is -0.243. The molecule has 0 aliphatic rings. The molecule has 74 valence electrons. The second-order valence-corrected chi connectivity index (χ2v) is 3.57. The Morgan fingerprint density at radius 2 is 2.57 bits per heavy atom. The van der Waals surface area contributed by atoms with Crippen LogP contribution in [-0.4, -0.2) is 12.5 Å². The molecular weight excluding hydrogens is 248 g/mol. The summed E-state index contributed by atoms with van der Waals surface area (Å²) in [6.07, 6.45) is 1.42. The highest BCUT2D eigenvalue weighted by molar-refractivity contribution is 9.10. The molecule has 0 saturated carbocycles. The van der Waals surface area contributed by atoms with Crippen LogP contribution in [0.5, 0.6) is 0 Å². The van der Waals surface area contributed by atoms with Crippen molar-refractivity contribution in [1.29, 1.82) is 5.26 Å². The van der Waals surface area contributed by atoms with Crippen molar-refractivity contribution in [1.82, 2.24) is 5.32 Å². The van der Waals surface area contributed by atoms with E-state index in [2.05, 4.69) is 21.2 Å². The molecule has 0 radical (unpaired) electrons. The lowest BCUT2D eigenvalue weighted by molar-refractivity contribution is 0.0949. The molecule has 1 rings (SSSR count). The number of amides is 1. The zero-order valence-electron chi connectivity index (χ0n) is 7.58. The van der Waals surface area contributed by atoms with Crippen LogP contribution in [0.4, 0.5) is 0 Å². The molecule has 0 bridgehead atoms. The van der Waals surface area contributed by atoms with Crippen LogP contribution in [-0.2, 0) is 0 Å². The molecule has 5 heteroatoms. The zero-order valence-corrected chi connectivity index (χ0v) is 9.17. The highest BCUT2D eigenvalue weighted by Crippen LogP contribution is 2.16. The van der Waals surface area contributed by atoms with E-state index in [1.165, 1.54) is 6.26 Å². The van der Waals surface area contributed by atoms with Crippen molar-refractivity contribution in [3.63, 3.8) is 0 Å². The summed E-state index contributed by atoms with van der Waals surface area (Å²) in [7, 11) is 0. The fourth-order valence-electron chi connectivity index (χ4n) is 0.842.